The highest BCUT2D eigenvalue weighted by Gasteiger charge is 2.30. The zero-order valence-corrected chi connectivity index (χ0v) is 10.4. The maximum Gasteiger partial charge on any atom is 0.272 e. The zero-order valence-electron chi connectivity index (χ0n) is 10.4. The third-order valence-electron chi connectivity index (χ3n) is 3.43. The number of hydrogen-bond donors (Lipinski definition) is 1. The minimum Gasteiger partial charge on any atom is -0.397 e. The molecule has 1 saturated heterocycles. The average Bonchev–Trinajstić information content (AvgIpc) is 2.29. The molecule has 0 radical (unpaired) electrons. The van der Waals surface area contributed by atoms with Crippen molar-refractivity contribution in [1.82, 2.24) is 9.88 Å². The van der Waals surface area contributed by atoms with Crippen LogP contribution in [-0.2, 0) is 0 Å². The molecule has 4 heteroatoms. The summed E-state index contributed by atoms with van der Waals surface area (Å²) in [6, 6.07) is 4.02. The summed E-state index contributed by atoms with van der Waals surface area (Å²) in [4.78, 5) is 18.4. The Hall–Kier alpha value is -1.58. The number of aromatic nitrogens is 1. The Morgan fingerprint density at radius 2 is 2.00 bits per heavy atom. The Bertz CT molecular complexity index is 392. The van der Waals surface area contributed by atoms with Gasteiger partial charge in [0.15, 0.2) is 0 Å². The second-order valence-corrected chi connectivity index (χ2v) is 4.82. The molecule has 0 spiro atoms. The minimum absolute atomic E-state index is 0.0182. The molecule has 1 aromatic heterocycles. The van der Waals surface area contributed by atoms with E-state index in [9.17, 15) is 4.79 Å². The first kappa shape index (κ1) is 11.9. The Balaban J connectivity index is 2.20. The molecule has 0 aliphatic carbocycles. The van der Waals surface area contributed by atoms with Gasteiger partial charge in [0, 0.05) is 12.1 Å². The van der Waals surface area contributed by atoms with Gasteiger partial charge in [0.2, 0.25) is 0 Å². The normalized spacial score (nSPS) is 24.7. The number of nitrogen functional groups attached to an aromatic ring is 1. The number of piperidine rings is 1. The highest BCUT2D eigenvalue weighted by molar-refractivity contribution is 5.93. The van der Waals surface area contributed by atoms with Crippen molar-refractivity contribution in [3.05, 3.63) is 24.0 Å². The molecule has 0 bridgehead atoms. The van der Waals surface area contributed by atoms with Crippen LogP contribution in [0.4, 0.5) is 5.69 Å². The van der Waals surface area contributed by atoms with Gasteiger partial charge in [-0.25, -0.2) is 4.98 Å². The highest BCUT2D eigenvalue weighted by atomic mass is 16.2. The van der Waals surface area contributed by atoms with E-state index in [-0.39, 0.29) is 5.91 Å². The summed E-state index contributed by atoms with van der Waals surface area (Å²) in [6.07, 6.45) is 4.88. The maximum absolute atomic E-state index is 12.4. The van der Waals surface area contributed by atoms with E-state index >= 15 is 0 Å². The molecule has 1 amide bonds. The highest BCUT2D eigenvalue weighted by Crippen LogP contribution is 2.24. The Morgan fingerprint density at radius 1 is 1.35 bits per heavy atom. The molecule has 2 unspecified atom stereocenters. The van der Waals surface area contributed by atoms with Crippen molar-refractivity contribution in [3.63, 3.8) is 0 Å². The van der Waals surface area contributed by atoms with E-state index < -0.39 is 0 Å². The number of amides is 1. The van der Waals surface area contributed by atoms with Gasteiger partial charge >= 0.3 is 0 Å². The molecule has 2 rings (SSSR count). The number of anilines is 1. The molecule has 1 aliphatic heterocycles. The average molecular weight is 233 g/mol. The lowest BCUT2D eigenvalue weighted by molar-refractivity contribution is 0.0504. The van der Waals surface area contributed by atoms with Gasteiger partial charge < -0.3 is 10.6 Å². The van der Waals surface area contributed by atoms with Crippen molar-refractivity contribution < 1.29 is 4.79 Å². The van der Waals surface area contributed by atoms with Gasteiger partial charge in [0.1, 0.15) is 5.69 Å². The summed E-state index contributed by atoms with van der Waals surface area (Å²) in [5, 5.41) is 0. The van der Waals surface area contributed by atoms with Crippen molar-refractivity contribution in [3.8, 4) is 0 Å². The summed E-state index contributed by atoms with van der Waals surface area (Å²) < 4.78 is 0. The Morgan fingerprint density at radius 3 is 2.53 bits per heavy atom. The molecule has 2 atom stereocenters. The van der Waals surface area contributed by atoms with Crippen LogP contribution in [0.5, 0.6) is 0 Å². The van der Waals surface area contributed by atoms with Crippen LogP contribution in [0.1, 0.15) is 43.6 Å². The lowest BCUT2D eigenvalue weighted by Crippen LogP contribution is -2.47. The van der Waals surface area contributed by atoms with Gasteiger partial charge in [0.25, 0.3) is 5.91 Å². The maximum atomic E-state index is 12.4. The van der Waals surface area contributed by atoms with Crippen molar-refractivity contribution >= 4 is 11.6 Å². The minimum atomic E-state index is 0.0182. The molecule has 92 valence electrons. The fourth-order valence-corrected chi connectivity index (χ4v) is 2.49. The summed E-state index contributed by atoms with van der Waals surface area (Å²) in [5.41, 5.74) is 6.64. The van der Waals surface area contributed by atoms with Crippen LogP contribution in [-0.4, -0.2) is 27.9 Å². The van der Waals surface area contributed by atoms with Crippen molar-refractivity contribution in [2.45, 2.75) is 45.2 Å². The molecule has 0 saturated carbocycles. The van der Waals surface area contributed by atoms with Crippen LogP contribution in [0.2, 0.25) is 0 Å². The van der Waals surface area contributed by atoms with E-state index in [1.54, 1.807) is 12.1 Å². The molecule has 1 fully saturated rings. The lowest BCUT2D eigenvalue weighted by Gasteiger charge is -2.38. The van der Waals surface area contributed by atoms with Crippen LogP contribution >= 0.6 is 0 Å². The van der Waals surface area contributed by atoms with E-state index in [0.717, 1.165) is 12.8 Å². The van der Waals surface area contributed by atoms with Crippen molar-refractivity contribution in [2.75, 3.05) is 5.73 Å². The van der Waals surface area contributed by atoms with E-state index in [1.807, 2.05) is 4.90 Å². The molecule has 0 aromatic carbocycles. The summed E-state index contributed by atoms with van der Waals surface area (Å²) in [7, 11) is 0. The van der Waals surface area contributed by atoms with Gasteiger partial charge in [-0.2, -0.15) is 0 Å². The number of likely N-dealkylation sites (tertiary alicyclic amines) is 1. The fourth-order valence-electron chi connectivity index (χ4n) is 2.49. The number of rotatable bonds is 1. The van der Waals surface area contributed by atoms with E-state index in [1.165, 1.54) is 12.6 Å². The van der Waals surface area contributed by atoms with Gasteiger partial charge in [0.05, 0.1) is 11.9 Å². The Labute approximate surface area is 102 Å². The first-order valence-electron chi connectivity index (χ1n) is 6.14. The monoisotopic (exact) mass is 233 g/mol. The second kappa shape index (κ2) is 4.73. The second-order valence-electron chi connectivity index (χ2n) is 4.82. The van der Waals surface area contributed by atoms with Gasteiger partial charge in [-0.3, -0.25) is 4.79 Å². The molecular weight excluding hydrogens is 214 g/mol. The summed E-state index contributed by atoms with van der Waals surface area (Å²) in [5.74, 6) is 0.0182. The molecule has 17 heavy (non-hydrogen) atoms. The zero-order chi connectivity index (χ0) is 12.4. The molecular formula is C13H19N3O. The Kier molecular flexibility index (Phi) is 3.31. The number of pyridine rings is 1. The predicted molar refractivity (Wildman–Crippen MR) is 67.6 cm³/mol. The number of hydrogen-bond acceptors (Lipinski definition) is 3. The van der Waals surface area contributed by atoms with E-state index in [2.05, 4.69) is 18.8 Å². The van der Waals surface area contributed by atoms with Gasteiger partial charge in [-0.05, 0) is 45.2 Å². The lowest BCUT2D eigenvalue weighted by atomic mass is 9.97. The third-order valence-corrected chi connectivity index (χ3v) is 3.43. The van der Waals surface area contributed by atoms with Crippen LogP contribution in [0.3, 0.4) is 0 Å². The molecule has 1 aromatic rings. The molecule has 2 N–H and O–H groups in total. The van der Waals surface area contributed by atoms with Crippen LogP contribution < -0.4 is 5.73 Å². The fraction of sp³-hybridized carbons (Fsp3) is 0.538. The van der Waals surface area contributed by atoms with Crippen molar-refractivity contribution in [1.29, 1.82) is 0 Å². The quantitative estimate of drug-likeness (QED) is 0.807. The summed E-state index contributed by atoms with van der Waals surface area (Å²) >= 11 is 0. The molecule has 2 heterocycles. The SMILES string of the molecule is CC1CCCC(C)N1C(=O)c1ccc(N)cn1. The predicted octanol–water partition coefficient (Wildman–Crippen LogP) is 2.07. The molecule has 4 nitrogen and oxygen atoms in total. The first-order valence-corrected chi connectivity index (χ1v) is 6.14. The van der Waals surface area contributed by atoms with Crippen LogP contribution in [0, 0.1) is 0 Å². The van der Waals surface area contributed by atoms with Crippen LogP contribution in [0.15, 0.2) is 18.3 Å². The van der Waals surface area contributed by atoms with Crippen molar-refractivity contribution in [2.24, 2.45) is 0 Å². The number of nitrogens with zero attached hydrogens (tertiary/aromatic N) is 2. The van der Waals surface area contributed by atoms with Gasteiger partial charge in [-0.1, -0.05) is 0 Å². The standard InChI is InChI=1S/C13H19N3O/c1-9-4-3-5-10(2)16(9)13(17)12-7-6-11(14)8-15-12/h6-10H,3-5,14H2,1-2H3. The third kappa shape index (κ3) is 2.40. The topological polar surface area (TPSA) is 59.2 Å². The number of carbonyl (C=O) groups is 1. The molecule has 1 aliphatic rings. The number of carbonyl (C=O) groups excluding carboxylic acids is 1. The van der Waals surface area contributed by atoms with Gasteiger partial charge in [-0.15, -0.1) is 0 Å². The van der Waals surface area contributed by atoms with E-state index in [4.69, 9.17) is 5.73 Å². The van der Waals surface area contributed by atoms with E-state index in [0.29, 0.717) is 23.5 Å². The number of nitrogens with two attached hydrogens (primary N) is 1. The smallest absolute Gasteiger partial charge is 0.272 e. The summed E-state index contributed by atoms with van der Waals surface area (Å²) in [6.45, 7) is 4.20. The largest absolute Gasteiger partial charge is 0.397 e. The van der Waals surface area contributed by atoms with Crippen LogP contribution in [0.25, 0.3) is 0 Å². The first-order chi connectivity index (χ1) is 8.09.